The molecule has 0 aliphatic carbocycles. The summed E-state index contributed by atoms with van der Waals surface area (Å²) in [5, 5.41) is 9.19. The van der Waals surface area contributed by atoms with E-state index < -0.39 is 0 Å². The van der Waals surface area contributed by atoms with E-state index in [1.54, 1.807) is 0 Å². The number of para-hydroxylation sites is 1. The van der Waals surface area contributed by atoms with Gasteiger partial charge in [0.05, 0.1) is 6.61 Å². The molecular weight excluding hydrogens is 260 g/mol. The molecule has 0 aliphatic heterocycles. The van der Waals surface area contributed by atoms with Crippen LogP contribution in [0.15, 0.2) is 60.7 Å². The van der Waals surface area contributed by atoms with Crippen LogP contribution >= 0.6 is 0 Å². The molecule has 0 atom stereocenters. The highest BCUT2D eigenvalue weighted by Gasteiger charge is 2.04. The molecule has 2 heteroatoms. The Kier molecular flexibility index (Phi) is 6.04. The summed E-state index contributed by atoms with van der Waals surface area (Å²) in [6, 6.07) is 17.8. The first-order chi connectivity index (χ1) is 10.3. The molecule has 0 saturated carbocycles. The summed E-state index contributed by atoms with van der Waals surface area (Å²) in [5.74, 6) is 1.65. The second-order valence-electron chi connectivity index (χ2n) is 4.96. The highest BCUT2D eigenvalue weighted by molar-refractivity contribution is 5.66. The van der Waals surface area contributed by atoms with Crippen molar-refractivity contribution in [3.8, 4) is 11.5 Å². The van der Waals surface area contributed by atoms with Crippen LogP contribution in [-0.4, -0.2) is 11.7 Å². The molecule has 0 saturated heterocycles. The lowest BCUT2D eigenvalue weighted by Crippen LogP contribution is -1.90. The van der Waals surface area contributed by atoms with Crippen LogP contribution in [0.25, 0.3) is 5.57 Å². The van der Waals surface area contributed by atoms with E-state index in [1.807, 2.05) is 54.6 Å². The van der Waals surface area contributed by atoms with E-state index in [0.29, 0.717) is 0 Å². The number of aliphatic hydroxyl groups excluding tert-OH is 1. The van der Waals surface area contributed by atoms with E-state index in [1.165, 1.54) is 5.57 Å². The van der Waals surface area contributed by atoms with Crippen molar-refractivity contribution in [2.45, 2.75) is 26.2 Å². The molecule has 0 fully saturated rings. The smallest absolute Gasteiger partial charge is 0.128 e. The largest absolute Gasteiger partial charge is 0.457 e. The molecule has 2 aromatic rings. The lowest BCUT2D eigenvalue weighted by atomic mass is 10.00. The maximum atomic E-state index is 9.19. The fourth-order valence-corrected chi connectivity index (χ4v) is 2.23. The average molecular weight is 282 g/mol. The number of hydrogen-bond donors (Lipinski definition) is 1. The van der Waals surface area contributed by atoms with E-state index in [-0.39, 0.29) is 6.61 Å². The van der Waals surface area contributed by atoms with Crippen LogP contribution in [0, 0.1) is 0 Å². The van der Waals surface area contributed by atoms with Crippen molar-refractivity contribution in [2.24, 2.45) is 0 Å². The van der Waals surface area contributed by atoms with Gasteiger partial charge in [0.15, 0.2) is 0 Å². The van der Waals surface area contributed by atoms with Crippen molar-refractivity contribution in [2.75, 3.05) is 6.61 Å². The fourth-order valence-electron chi connectivity index (χ4n) is 2.23. The summed E-state index contributed by atoms with van der Waals surface area (Å²) < 4.78 is 5.86. The van der Waals surface area contributed by atoms with Crippen molar-refractivity contribution in [3.05, 3.63) is 66.2 Å². The Morgan fingerprint density at radius 1 is 1.05 bits per heavy atom. The topological polar surface area (TPSA) is 29.5 Å². The first-order valence-electron chi connectivity index (χ1n) is 7.46. The van der Waals surface area contributed by atoms with Gasteiger partial charge >= 0.3 is 0 Å². The molecule has 0 spiro atoms. The van der Waals surface area contributed by atoms with Gasteiger partial charge in [0, 0.05) is 0 Å². The number of unbranched alkanes of at least 4 members (excludes halogenated alkanes) is 1. The van der Waals surface area contributed by atoms with Crippen molar-refractivity contribution >= 4 is 5.57 Å². The Hall–Kier alpha value is -2.06. The van der Waals surface area contributed by atoms with E-state index in [0.717, 1.165) is 36.3 Å². The van der Waals surface area contributed by atoms with Gasteiger partial charge in [-0.05, 0) is 48.2 Å². The number of hydrogen-bond acceptors (Lipinski definition) is 2. The highest BCUT2D eigenvalue weighted by Crippen LogP contribution is 2.27. The molecule has 21 heavy (non-hydrogen) atoms. The van der Waals surface area contributed by atoms with Gasteiger partial charge in [0.1, 0.15) is 11.5 Å². The van der Waals surface area contributed by atoms with Gasteiger partial charge in [-0.25, -0.2) is 0 Å². The highest BCUT2D eigenvalue weighted by atomic mass is 16.5. The van der Waals surface area contributed by atoms with Crippen LogP contribution < -0.4 is 4.74 Å². The maximum Gasteiger partial charge on any atom is 0.128 e. The lowest BCUT2D eigenvalue weighted by molar-refractivity contribution is 0.343. The predicted octanol–water partition coefficient (Wildman–Crippen LogP) is 5.04. The minimum absolute atomic E-state index is 0.0722. The molecule has 2 nitrogen and oxygen atoms in total. The van der Waals surface area contributed by atoms with Crippen LogP contribution in [0.3, 0.4) is 0 Å². The monoisotopic (exact) mass is 282 g/mol. The van der Waals surface area contributed by atoms with Crippen LogP contribution in [0.5, 0.6) is 11.5 Å². The zero-order chi connectivity index (χ0) is 14.9. The number of allylic oxidation sites excluding steroid dienone is 1. The van der Waals surface area contributed by atoms with Gasteiger partial charge in [-0.3, -0.25) is 0 Å². The van der Waals surface area contributed by atoms with E-state index >= 15 is 0 Å². The summed E-state index contributed by atoms with van der Waals surface area (Å²) >= 11 is 0. The van der Waals surface area contributed by atoms with Gasteiger partial charge < -0.3 is 9.84 Å². The summed E-state index contributed by atoms with van der Waals surface area (Å²) in [5.41, 5.74) is 2.30. The number of rotatable bonds is 7. The summed E-state index contributed by atoms with van der Waals surface area (Å²) in [6.45, 7) is 2.24. The van der Waals surface area contributed by atoms with Gasteiger partial charge in [-0.2, -0.15) is 0 Å². The Morgan fingerprint density at radius 3 is 2.52 bits per heavy atom. The number of ether oxygens (including phenoxy) is 1. The average Bonchev–Trinajstić information content (AvgIpc) is 2.53. The van der Waals surface area contributed by atoms with Crippen molar-refractivity contribution < 1.29 is 9.84 Å². The van der Waals surface area contributed by atoms with Gasteiger partial charge in [0.25, 0.3) is 0 Å². The lowest BCUT2D eigenvalue weighted by Gasteiger charge is -2.10. The van der Waals surface area contributed by atoms with Gasteiger partial charge in [0.2, 0.25) is 0 Å². The first-order valence-corrected chi connectivity index (χ1v) is 7.46. The maximum absolute atomic E-state index is 9.19. The summed E-state index contributed by atoms with van der Waals surface area (Å²) in [4.78, 5) is 0. The third kappa shape index (κ3) is 4.76. The summed E-state index contributed by atoms with van der Waals surface area (Å²) in [7, 11) is 0. The summed E-state index contributed by atoms with van der Waals surface area (Å²) in [6.07, 6.45) is 5.13. The molecule has 0 aliphatic rings. The van der Waals surface area contributed by atoms with Crippen molar-refractivity contribution in [1.29, 1.82) is 0 Å². The molecule has 1 N–H and O–H groups in total. The standard InChI is InChI=1S/C19H22O2/c1-2-3-8-16(13-14-20)17-9-7-12-19(15-17)21-18-10-5-4-6-11-18/h4-7,9-13,15,20H,2-3,8,14H2,1H3/b16-13+. The second-order valence-corrected chi connectivity index (χ2v) is 4.96. The minimum atomic E-state index is 0.0722. The number of benzene rings is 2. The predicted molar refractivity (Wildman–Crippen MR) is 87.5 cm³/mol. The van der Waals surface area contributed by atoms with E-state index in [4.69, 9.17) is 4.74 Å². The van der Waals surface area contributed by atoms with E-state index in [2.05, 4.69) is 13.0 Å². The quantitative estimate of drug-likeness (QED) is 0.770. The second kappa shape index (κ2) is 8.28. The zero-order valence-corrected chi connectivity index (χ0v) is 12.5. The van der Waals surface area contributed by atoms with Gasteiger partial charge in [-0.1, -0.05) is 49.8 Å². The van der Waals surface area contributed by atoms with Crippen molar-refractivity contribution in [1.82, 2.24) is 0 Å². The molecular formula is C19H22O2. The molecule has 110 valence electrons. The molecule has 2 aromatic carbocycles. The molecule has 0 amide bonds. The van der Waals surface area contributed by atoms with Crippen molar-refractivity contribution in [3.63, 3.8) is 0 Å². The molecule has 0 aromatic heterocycles. The van der Waals surface area contributed by atoms with Crippen LogP contribution in [0.2, 0.25) is 0 Å². The molecule has 2 rings (SSSR count). The first kappa shape index (κ1) is 15.3. The third-order valence-electron chi connectivity index (χ3n) is 3.32. The normalized spacial score (nSPS) is 11.4. The van der Waals surface area contributed by atoms with Crippen LogP contribution in [0.1, 0.15) is 31.7 Å². The Bertz CT molecular complexity index is 573. The fraction of sp³-hybridized carbons (Fsp3) is 0.263. The zero-order valence-electron chi connectivity index (χ0n) is 12.5. The molecule has 0 unspecified atom stereocenters. The van der Waals surface area contributed by atoms with Gasteiger partial charge in [-0.15, -0.1) is 0 Å². The SMILES string of the molecule is CCCC/C(=C\CO)c1cccc(Oc2ccccc2)c1. The third-order valence-corrected chi connectivity index (χ3v) is 3.32. The Morgan fingerprint density at radius 2 is 1.81 bits per heavy atom. The molecule has 0 bridgehead atoms. The minimum Gasteiger partial charge on any atom is -0.457 e. The van der Waals surface area contributed by atoms with Crippen LogP contribution in [0.4, 0.5) is 0 Å². The Labute approximate surface area is 126 Å². The molecule has 0 radical (unpaired) electrons. The van der Waals surface area contributed by atoms with E-state index in [9.17, 15) is 5.11 Å². The van der Waals surface area contributed by atoms with Crippen LogP contribution in [-0.2, 0) is 0 Å². The Balaban J connectivity index is 2.17. The molecule has 0 heterocycles. The number of aliphatic hydroxyl groups is 1.